The summed E-state index contributed by atoms with van der Waals surface area (Å²) in [6.45, 7) is 0.560. The molecule has 1 aromatic carbocycles. The maximum Gasteiger partial charge on any atom is 0.401 e. The lowest BCUT2D eigenvalue weighted by Gasteiger charge is -2.18. The van der Waals surface area contributed by atoms with Crippen LogP contribution in [0.5, 0.6) is 0 Å². The number of alkyl halides is 3. The van der Waals surface area contributed by atoms with E-state index in [1.165, 1.54) is 4.90 Å². The van der Waals surface area contributed by atoms with Gasteiger partial charge in [-0.2, -0.15) is 13.2 Å². The topological polar surface area (TPSA) is 15.3 Å². The van der Waals surface area contributed by atoms with Crippen LogP contribution in [-0.4, -0.2) is 37.3 Å². The van der Waals surface area contributed by atoms with Crippen LogP contribution < -0.4 is 5.32 Å². The van der Waals surface area contributed by atoms with Gasteiger partial charge in [0.2, 0.25) is 0 Å². The monoisotopic (exact) mass is 308 g/mol. The number of benzene rings is 1. The minimum atomic E-state index is -4.17. The summed E-state index contributed by atoms with van der Waals surface area (Å²) < 4.78 is 63.1. The zero-order valence-electron chi connectivity index (χ0n) is 11.4. The standard InChI is InChI=1S/C14H17F5N2/c15-12-1-2-13(16)11(5-12)7-20-6-10-3-4-21(8-10)9-14(17,18)19/h1-2,5,10,20H,3-4,6-9H2/t10-/m0/s1. The predicted molar refractivity (Wildman–Crippen MR) is 68.7 cm³/mol. The van der Waals surface area contributed by atoms with Crippen LogP contribution in [0, 0.1) is 17.6 Å². The Bertz CT molecular complexity index is 475. The highest BCUT2D eigenvalue weighted by Gasteiger charge is 2.34. The lowest BCUT2D eigenvalue weighted by atomic mass is 10.1. The van der Waals surface area contributed by atoms with E-state index in [-0.39, 0.29) is 18.0 Å². The van der Waals surface area contributed by atoms with E-state index in [1.807, 2.05) is 0 Å². The SMILES string of the molecule is Fc1ccc(F)c(CNC[C@@H]2CCN(CC(F)(F)F)C2)c1. The number of likely N-dealkylation sites (tertiary alicyclic amines) is 1. The molecule has 1 saturated heterocycles. The van der Waals surface area contributed by atoms with Gasteiger partial charge in [0, 0.05) is 18.7 Å². The Hall–Kier alpha value is -1.21. The van der Waals surface area contributed by atoms with E-state index in [0.717, 1.165) is 18.2 Å². The van der Waals surface area contributed by atoms with Crippen LogP contribution in [0.1, 0.15) is 12.0 Å². The van der Waals surface area contributed by atoms with Gasteiger partial charge in [-0.1, -0.05) is 0 Å². The molecule has 0 amide bonds. The van der Waals surface area contributed by atoms with Crippen LogP contribution in [0.4, 0.5) is 22.0 Å². The molecule has 1 heterocycles. The highest BCUT2D eigenvalue weighted by Crippen LogP contribution is 2.22. The lowest BCUT2D eigenvalue weighted by Crippen LogP contribution is -2.33. The highest BCUT2D eigenvalue weighted by molar-refractivity contribution is 5.18. The fourth-order valence-electron chi connectivity index (χ4n) is 2.57. The van der Waals surface area contributed by atoms with Gasteiger partial charge in [-0.25, -0.2) is 8.78 Å². The van der Waals surface area contributed by atoms with Gasteiger partial charge in [-0.3, -0.25) is 4.90 Å². The molecular formula is C14H17F5N2. The summed E-state index contributed by atoms with van der Waals surface area (Å²) in [7, 11) is 0. The Balaban J connectivity index is 1.74. The fraction of sp³-hybridized carbons (Fsp3) is 0.571. The van der Waals surface area contributed by atoms with Gasteiger partial charge in [0.05, 0.1) is 6.54 Å². The minimum absolute atomic E-state index is 0.101. The largest absolute Gasteiger partial charge is 0.401 e. The molecule has 0 radical (unpaired) electrons. The molecule has 1 aliphatic heterocycles. The van der Waals surface area contributed by atoms with Gasteiger partial charge in [-0.15, -0.1) is 0 Å². The predicted octanol–water partition coefficient (Wildman–Crippen LogP) is 2.94. The summed E-state index contributed by atoms with van der Waals surface area (Å²) in [5.74, 6) is -0.900. The maximum absolute atomic E-state index is 13.4. The lowest BCUT2D eigenvalue weighted by molar-refractivity contribution is -0.143. The van der Waals surface area contributed by atoms with E-state index < -0.39 is 24.4 Å². The quantitative estimate of drug-likeness (QED) is 0.842. The average molecular weight is 308 g/mol. The molecule has 1 aliphatic rings. The molecular weight excluding hydrogens is 291 g/mol. The van der Waals surface area contributed by atoms with Crippen molar-refractivity contribution in [2.45, 2.75) is 19.1 Å². The molecule has 1 N–H and O–H groups in total. The summed E-state index contributed by atoms with van der Waals surface area (Å²) in [5.41, 5.74) is 0.222. The molecule has 0 spiro atoms. The molecule has 2 nitrogen and oxygen atoms in total. The molecule has 0 aromatic heterocycles. The third-order valence-corrected chi connectivity index (χ3v) is 3.53. The zero-order chi connectivity index (χ0) is 15.5. The number of nitrogens with zero attached hydrogens (tertiary/aromatic N) is 1. The summed E-state index contributed by atoms with van der Waals surface area (Å²) in [6, 6.07) is 3.23. The molecule has 7 heteroatoms. The summed E-state index contributed by atoms with van der Waals surface area (Å²) in [4.78, 5) is 1.37. The Morgan fingerprint density at radius 2 is 2.00 bits per heavy atom. The Morgan fingerprint density at radius 3 is 2.71 bits per heavy atom. The van der Waals surface area contributed by atoms with Crippen molar-refractivity contribution in [1.82, 2.24) is 10.2 Å². The summed E-state index contributed by atoms with van der Waals surface area (Å²) >= 11 is 0. The molecule has 1 aromatic rings. The second-order valence-corrected chi connectivity index (χ2v) is 5.37. The molecule has 1 atom stereocenters. The Labute approximate surface area is 119 Å². The Morgan fingerprint density at radius 1 is 1.24 bits per heavy atom. The van der Waals surface area contributed by atoms with Gasteiger partial charge in [0.1, 0.15) is 11.6 Å². The number of rotatable bonds is 5. The van der Waals surface area contributed by atoms with Gasteiger partial charge in [-0.05, 0) is 43.6 Å². The number of hydrogen-bond acceptors (Lipinski definition) is 2. The first-order valence-corrected chi connectivity index (χ1v) is 6.77. The van der Waals surface area contributed by atoms with Gasteiger partial charge in [0.15, 0.2) is 0 Å². The Kier molecular flexibility index (Phi) is 5.16. The van der Waals surface area contributed by atoms with Crippen molar-refractivity contribution in [3.8, 4) is 0 Å². The van der Waals surface area contributed by atoms with Crippen molar-refractivity contribution < 1.29 is 22.0 Å². The van der Waals surface area contributed by atoms with E-state index in [9.17, 15) is 22.0 Å². The number of hydrogen-bond donors (Lipinski definition) is 1. The van der Waals surface area contributed by atoms with Crippen LogP contribution >= 0.6 is 0 Å². The molecule has 0 saturated carbocycles. The number of halogens is 5. The van der Waals surface area contributed by atoms with E-state index in [0.29, 0.717) is 26.1 Å². The number of nitrogens with one attached hydrogen (secondary N) is 1. The maximum atomic E-state index is 13.4. The third kappa shape index (κ3) is 5.24. The van der Waals surface area contributed by atoms with Gasteiger partial charge < -0.3 is 5.32 Å². The second kappa shape index (κ2) is 6.70. The van der Waals surface area contributed by atoms with Crippen molar-refractivity contribution in [1.29, 1.82) is 0 Å². The van der Waals surface area contributed by atoms with Crippen LogP contribution in [0.2, 0.25) is 0 Å². The second-order valence-electron chi connectivity index (χ2n) is 5.37. The van der Waals surface area contributed by atoms with E-state index in [1.54, 1.807) is 0 Å². The van der Waals surface area contributed by atoms with Crippen molar-refractivity contribution in [3.05, 3.63) is 35.4 Å². The van der Waals surface area contributed by atoms with Crippen LogP contribution in [0.25, 0.3) is 0 Å². The van der Waals surface area contributed by atoms with Crippen LogP contribution in [0.3, 0.4) is 0 Å². The fourth-order valence-corrected chi connectivity index (χ4v) is 2.57. The highest BCUT2D eigenvalue weighted by atomic mass is 19.4. The minimum Gasteiger partial charge on any atom is -0.312 e. The van der Waals surface area contributed by atoms with Crippen molar-refractivity contribution >= 4 is 0 Å². The van der Waals surface area contributed by atoms with Crippen molar-refractivity contribution in [3.63, 3.8) is 0 Å². The molecule has 1 fully saturated rings. The molecule has 0 aliphatic carbocycles. The van der Waals surface area contributed by atoms with Crippen LogP contribution in [0.15, 0.2) is 18.2 Å². The average Bonchev–Trinajstić information content (AvgIpc) is 2.79. The van der Waals surface area contributed by atoms with E-state index in [4.69, 9.17) is 0 Å². The van der Waals surface area contributed by atoms with E-state index >= 15 is 0 Å². The van der Waals surface area contributed by atoms with Gasteiger partial charge >= 0.3 is 6.18 Å². The first-order valence-electron chi connectivity index (χ1n) is 6.77. The molecule has 118 valence electrons. The van der Waals surface area contributed by atoms with E-state index in [2.05, 4.69) is 5.32 Å². The summed E-state index contributed by atoms with van der Waals surface area (Å²) in [5, 5.41) is 2.98. The normalized spacial score (nSPS) is 20.1. The molecule has 2 rings (SSSR count). The zero-order valence-corrected chi connectivity index (χ0v) is 11.4. The smallest absolute Gasteiger partial charge is 0.312 e. The molecule has 0 unspecified atom stereocenters. The molecule has 21 heavy (non-hydrogen) atoms. The summed E-state index contributed by atoms with van der Waals surface area (Å²) in [6.07, 6.45) is -3.50. The van der Waals surface area contributed by atoms with Gasteiger partial charge in [0.25, 0.3) is 0 Å². The first-order chi connectivity index (χ1) is 9.83. The van der Waals surface area contributed by atoms with Crippen molar-refractivity contribution in [2.75, 3.05) is 26.2 Å². The first kappa shape index (κ1) is 16.2. The third-order valence-electron chi connectivity index (χ3n) is 3.53. The molecule has 0 bridgehead atoms. The van der Waals surface area contributed by atoms with Crippen molar-refractivity contribution in [2.24, 2.45) is 5.92 Å². The van der Waals surface area contributed by atoms with Crippen LogP contribution in [-0.2, 0) is 6.54 Å².